The molecule has 0 radical (unpaired) electrons. The quantitative estimate of drug-likeness (QED) is 0.597. The van der Waals surface area contributed by atoms with Crippen molar-refractivity contribution >= 4 is 18.7 Å². The van der Waals surface area contributed by atoms with Gasteiger partial charge in [0, 0.05) is 0 Å². The van der Waals surface area contributed by atoms with E-state index in [0.717, 1.165) is 0 Å². The van der Waals surface area contributed by atoms with Crippen LogP contribution >= 0.6 is 0 Å². The maximum Gasteiger partial charge on any atom is 0.254 e. The average molecular weight is 252 g/mol. The largest absolute Gasteiger partial charge is 0.397 e. The van der Waals surface area contributed by atoms with Gasteiger partial charge in [0.05, 0.1) is 6.61 Å². The van der Waals surface area contributed by atoms with Crippen molar-refractivity contribution in [1.82, 2.24) is 0 Å². The Labute approximate surface area is 110 Å². The van der Waals surface area contributed by atoms with Crippen molar-refractivity contribution in [3.63, 3.8) is 0 Å². The van der Waals surface area contributed by atoms with Crippen LogP contribution in [-0.2, 0) is 4.43 Å². The van der Waals surface area contributed by atoms with Crippen LogP contribution in [0.15, 0.2) is 60.7 Å². The summed E-state index contributed by atoms with van der Waals surface area (Å²) in [5, 5.41) is 2.48. The van der Waals surface area contributed by atoms with E-state index in [4.69, 9.17) is 10.8 Å². The predicted octanol–water partition coefficient (Wildman–Crippen LogP) is 2.03. The Kier molecular flexibility index (Phi) is 3.98. The van der Waals surface area contributed by atoms with Gasteiger partial charge in [0.2, 0.25) is 0 Å². The van der Waals surface area contributed by atoms with Crippen LogP contribution in [0.25, 0.3) is 0 Å². The Morgan fingerprint density at radius 3 is 1.78 bits per heavy atom. The van der Waals surface area contributed by atoms with E-state index in [-0.39, 0.29) is 0 Å². The first-order valence-electron chi connectivity index (χ1n) is 5.96. The summed E-state index contributed by atoms with van der Waals surface area (Å²) in [5.41, 5.74) is 0. The molecular weight excluding hydrogens is 236 g/mol. The highest BCUT2D eigenvalue weighted by Crippen LogP contribution is 2.07. The Morgan fingerprint density at radius 2 is 1.39 bits per heavy atom. The second-order valence-electron chi connectivity index (χ2n) is 4.26. The SMILES string of the molecule is C#CCO[Si](C)(c1ccccc1)c1ccccc1. The summed E-state index contributed by atoms with van der Waals surface area (Å²) in [4.78, 5) is 0. The zero-order valence-electron chi connectivity index (χ0n) is 10.5. The predicted molar refractivity (Wildman–Crippen MR) is 78.6 cm³/mol. The number of hydrogen-bond donors (Lipinski definition) is 0. The third-order valence-electron chi connectivity index (χ3n) is 3.09. The lowest BCUT2D eigenvalue weighted by molar-refractivity contribution is 0.375. The van der Waals surface area contributed by atoms with Gasteiger partial charge in [-0.15, -0.1) is 6.42 Å². The van der Waals surface area contributed by atoms with Crippen molar-refractivity contribution in [2.75, 3.05) is 6.61 Å². The molecule has 0 unspecified atom stereocenters. The second kappa shape index (κ2) is 5.68. The van der Waals surface area contributed by atoms with Crippen molar-refractivity contribution in [2.24, 2.45) is 0 Å². The van der Waals surface area contributed by atoms with Gasteiger partial charge < -0.3 is 4.43 Å². The Morgan fingerprint density at radius 1 is 0.944 bits per heavy atom. The van der Waals surface area contributed by atoms with E-state index in [0.29, 0.717) is 6.61 Å². The molecule has 0 atom stereocenters. The van der Waals surface area contributed by atoms with Gasteiger partial charge >= 0.3 is 0 Å². The topological polar surface area (TPSA) is 9.23 Å². The minimum absolute atomic E-state index is 0.354. The van der Waals surface area contributed by atoms with Gasteiger partial charge in [-0.2, -0.15) is 0 Å². The molecule has 0 amide bonds. The normalized spacial score (nSPS) is 10.9. The van der Waals surface area contributed by atoms with Gasteiger partial charge in [0.15, 0.2) is 0 Å². The van der Waals surface area contributed by atoms with Crippen molar-refractivity contribution in [3.05, 3.63) is 60.7 Å². The first kappa shape index (κ1) is 12.6. The molecule has 0 aliphatic carbocycles. The van der Waals surface area contributed by atoms with Gasteiger partial charge in [-0.1, -0.05) is 66.6 Å². The summed E-state index contributed by atoms with van der Waals surface area (Å²) in [7, 11) is -2.17. The van der Waals surface area contributed by atoms with E-state index >= 15 is 0 Å². The molecule has 0 spiro atoms. The Hall–Kier alpha value is -1.82. The highest BCUT2D eigenvalue weighted by molar-refractivity contribution is 6.96. The molecule has 0 aromatic heterocycles. The Bertz CT molecular complexity index is 489. The molecule has 0 bridgehead atoms. The number of benzene rings is 2. The lowest BCUT2D eigenvalue weighted by Crippen LogP contribution is -2.58. The fraction of sp³-hybridized carbons (Fsp3) is 0.125. The molecule has 0 N–H and O–H groups in total. The molecule has 0 heterocycles. The summed E-state index contributed by atoms with van der Waals surface area (Å²) in [5.74, 6) is 2.58. The van der Waals surface area contributed by atoms with E-state index in [1.54, 1.807) is 0 Å². The fourth-order valence-corrected chi connectivity index (χ4v) is 4.73. The summed E-state index contributed by atoms with van der Waals surface area (Å²) < 4.78 is 6.05. The second-order valence-corrected chi connectivity index (χ2v) is 7.77. The van der Waals surface area contributed by atoms with Crippen molar-refractivity contribution < 1.29 is 4.43 Å². The first-order chi connectivity index (χ1) is 8.77. The summed E-state index contributed by atoms with van der Waals surface area (Å²) >= 11 is 0. The number of terminal acetylenes is 1. The lowest BCUT2D eigenvalue weighted by atomic mass is 10.4. The van der Waals surface area contributed by atoms with Crippen LogP contribution in [0.5, 0.6) is 0 Å². The van der Waals surface area contributed by atoms with Crippen LogP contribution in [-0.4, -0.2) is 14.9 Å². The smallest absolute Gasteiger partial charge is 0.254 e. The molecule has 2 rings (SSSR count). The van der Waals surface area contributed by atoms with Gasteiger partial charge in [-0.05, 0) is 16.9 Å². The van der Waals surface area contributed by atoms with Gasteiger partial charge in [-0.3, -0.25) is 0 Å². The molecule has 90 valence electrons. The molecule has 2 aromatic rings. The molecular formula is C16H16OSi. The fourth-order valence-electron chi connectivity index (χ4n) is 2.03. The summed E-state index contributed by atoms with van der Waals surface area (Å²) in [6, 6.07) is 20.7. The van der Waals surface area contributed by atoms with Gasteiger partial charge in [-0.25, -0.2) is 0 Å². The minimum Gasteiger partial charge on any atom is -0.397 e. The molecule has 0 saturated heterocycles. The van der Waals surface area contributed by atoms with Crippen LogP contribution in [0.3, 0.4) is 0 Å². The van der Waals surface area contributed by atoms with Crippen LogP contribution in [0.2, 0.25) is 6.55 Å². The monoisotopic (exact) mass is 252 g/mol. The third-order valence-corrected chi connectivity index (χ3v) is 6.69. The van der Waals surface area contributed by atoms with Crippen molar-refractivity contribution in [1.29, 1.82) is 0 Å². The molecule has 1 nitrogen and oxygen atoms in total. The summed E-state index contributed by atoms with van der Waals surface area (Å²) in [6.07, 6.45) is 5.34. The molecule has 2 aromatic carbocycles. The number of rotatable bonds is 4. The molecule has 2 heteroatoms. The van der Waals surface area contributed by atoms with E-state index in [1.807, 2.05) is 36.4 Å². The zero-order chi connectivity index (χ0) is 12.8. The molecule has 0 aliphatic rings. The summed E-state index contributed by atoms with van der Waals surface area (Å²) in [6.45, 7) is 2.54. The number of hydrogen-bond acceptors (Lipinski definition) is 1. The standard InChI is InChI=1S/C16H16OSi/c1-3-14-17-18(2,15-10-6-4-7-11-15)16-12-8-5-9-13-16/h1,4-13H,14H2,2H3. The highest BCUT2D eigenvalue weighted by atomic mass is 28.4. The van der Waals surface area contributed by atoms with Crippen molar-refractivity contribution in [3.8, 4) is 12.3 Å². The molecule has 0 fully saturated rings. The zero-order valence-corrected chi connectivity index (χ0v) is 11.5. The van der Waals surface area contributed by atoms with Gasteiger partial charge in [0.25, 0.3) is 8.32 Å². The highest BCUT2D eigenvalue weighted by Gasteiger charge is 2.33. The van der Waals surface area contributed by atoms with E-state index in [9.17, 15) is 0 Å². The van der Waals surface area contributed by atoms with Crippen LogP contribution < -0.4 is 10.4 Å². The Balaban J connectivity index is 2.45. The van der Waals surface area contributed by atoms with Crippen LogP contribution in [0.4, 0.5) is 0 Å². The first-order valence-corrected chi connectivity index (χ1v) is 8.36. The van der Waals surface area contributed by atoms with Crippen LogP contribution in [0.1, 0.15) is 0 Å². The van der Waals surface area contributed by atoms with E-state index < -0.39 is 8.32 Å². The lowest BCUT2D eigenvalue weighted by Gasteiger charge is -2.27. The maximum atomic E-state index is 6.05. The third kappa shape index (κ3) is 2.53. The molecule has 18 heavy (non-hydrogen) atoms. The van der Waals surface area contributed by atoms with Crippen LogP contribution in [0, 0.1) is 12.3 Å². The van der Waals surface area contributed by atoms with Crippen molar-refractivity contribution in [2.45, 2.75) is 6.55 Å². The van der Waals surface area contributed by atoms with E-state index in [1.165, 1.54) is 10.4 Å². The molecule has 0 saturated carbocycles. The molecule has 0 aliphatic heterocycles. The maximum absolute atomic E-state index is 6.05. The average Bonchev–Trinajstić information content (AvgIpc) is 2.46. The van der Waals surface area contributed by atoms with Gasteiger partial charge in [0.1, 0.15) is 0 Å². The minimum atomic E-state index is -2.17. The van der Waals surface area contributed by atoms with E-state index in [2.05, 4.69) is 36.7 Å².